The molecule has 6 heteroatoms. The topological polar surface area (TPSA) is 95.9 Å². The van der Waals surface area contributed by atoms with Gasteiger partial charge in [-0.05, 0) is 51.4 Å². The van der Waals surface area contributed by atoms with E-state index in [0.29, 0.717) is 25.9 Å². The molecule has 0 rings (SSSR count). The van der Waals surface area contributed by atoms with E-state index in [1.807, 2.05) is 0 Å². The third-order valence-electron chi connectivity index (χ3n) is 17.6. The highest BCUT2D eigenvalue weighted by Crippen LogP contribution is 2.20. The third-order valence-corrected chi connectivity index (χ3v) is 17.6. The van der Waals surface area contributed by atoms with E-state index in [0.717, 1.165) is 44.9 Å². The lowest BCUT2D eigenvalue weighted by atomic mass is 10.0. The zero-order chi connectivity index (χ0) is 57.8. The van der Waals surface area contributed by atoms with Gasteiger partial charge in [-0.3, -0.25) is 9.59 Å². The van der Waals surface area contributed by atoms with E-state index in [1.54, 1.807) is 0 Å². The van der Waals surface area contributed by atoms with Gasteiger partial charge in [0.1, 0.15) is 0 Å². The molecule has 0 aliphatic rings. The SMILES string of the molecule is CCCCCC/C=C\CCCCCCCC(=O)OCCCCCCCCCCCCCCCCCCCCCCCCCCCCCCCCCCCCCCCC(=O)NC(CO)C(O)CCCCCCCCCCCCCCC. The number of unbranched alkanes of at least 4 members (excludes halogenated alkanes) is 57. The molecule has 0 bridgehead atoms. The molecule has 80 heavy (non-hydrogen) atoms. The summed E-state index contributed by atoms with van der Waals surface area (Å²) < 4.78 is 5.49. The van der Waals surface area contributed by atoms with Crippen molar-refractivity contribution >= 4 is 11.9 Å². The maximum Gasteiger partial charge on any atom is 0.305 e. The van der Waals surface area contributed by atoms with Crippen LogP contribution in [0.2, 0.25) is 0 Å². The lowest BCUT2D eigenvalue weighted by Crippen LogP contribution is -2.45. The highest BCUT2D eigenvalue weighted by atomic mass is 16.5. The molecule has 0 aromatic carbocycles. The number of aliphatic hydroxyl groups is 2. The largest absolute Gasteiger partial charge is 0.466 e. The predicted molar refractivity (Wildman–Crippen MR) is 352 cm³/mol. The Kier molecular flexibility index (Phi) is 68.9. The summed E-state index contributed by atoms with van der Waals surface area (Å²) >= 11 is 0. The lowest BCUT2D eigenvalue weighted by molar-refractivity contribution is -0.143. The molecule has 0 radical (unpaired) electrons. The van der Waals surface area contributed by atoms with Crippen molar-refractivity contribution in [3.63, 3.8) is 0 Å². The van der Waals surface area contributed by atoms with E-state index in [9.17, 15) is 19.8 Å². The molecule has 0 heterocycles. The molecule has 0 aliphatic heterocycles. The van der Waals surface area contributed by atoms with Crippen LogP contribution in [-0.4, -0.2) is 47.4 Å². The summed E-state index contributed by atoms with van der Waals surface area (Å²) in [6.07, 6.45) is 87.3. The zero-order valence-corrected chi connectivity index (χ0v) is 54.6. The number of hydrogen-bond donors (Lipinski definition) is 3. The van der Waals surface area contributed by atoms with Crippen LogP contribution in [0.1, 0.15) is 425 Å². The first-order valence-electron chi connectivity index (χ1n) is 36.9. The van der Waals surface area contributed by atoms with Gasteiger partial charge < -0.3 is 20.3 Å². The number of ether oxygens (including phenoxy) is 1. The normalized spacial score (nSPS) is 12.5. The van der Waals surface area contributed by atoms with Gasteiger partial charge in [0.05, 0.1) is 25.4 Å². The minimum Gasteiger partial charge on any atom is -0.466 e. The molecule has 476 valence electrons. The molecule has 0 spiro atoms. The predicted octanol–water partition coefficient (Wildman–Crippen LogP) is 23.9. The van der Waals surface area contributed by atoms with Gasteiger partial charge in [0.2, 0.25) is 5.91 Å². The van der Waals surface area contributed by atoms with E-state index in [1.165, 1.54) is 347 Å². The Morgan fingerprint density at radius 3 is 0.900 bits per heavy atom. The summed E-state index contributed by atoms with van der Waals surface area (Å²) in [6.45, 7) is 4.97. The lowest BCUT2D eigenvalue weighted by Gasteiger charge is -2.22. The van der Waals surface area contributed by atoms with Gasteiger partial charge in [0, 0.05) is 12.8 Å². The number of amides is 1. The van der Waals surface area contributed by atoms with Crippen molar-refractivity contribution < 1.29 is 24.5 Å². The smallest absolute Gasteiger partial charge is 0.305 e. The Labute approximate surface area is 501 Å². The summed E-state index contributed by atoms with van der Waals surface area (Å²) in [6, 6.07) is -0.535. The van der Waals surface area contributed by atoms with Gasteiger partial charge >= 0.3 is 5.97 Å². The molecule has 2 atom stereocenters. The number of aliphatic hydroxyl groups excluding tert-OH is 2. The van der Waals surface area contributed by atoms with Crippen LogP contribution >= 0.6 is 0 Å². The Morgan fingerprint density at radius 2 is 0.588 bits per heavy atom. The first-order valence-corrected chi connectivity index (χ1v) is 36.9. The first-order chi connectivity index (χ1) is 39.5. The van der Waals surface area contributed by atoms with Crippen molar-refractivity contribution in [1.29, 1.82) is 0 Å². The monoisotopic (exact) mass is 1130 g/mol. The molecule has 0 aromatic heterocycles. The van der Waals surface area contributed by atoms with Crippen LogP contribution in [0.5, 0.6) is 0 Å². The molecule has 1 amide bonds. The van der Waals surface area contributed by atoms with Gasteiger partial charge in [-0.2, -0.15) is 0 Å². The van der Waals surface area contributed by atoms with Crippen LogP contribution in [0.4, 0.5) is 0 Å². The van der Waals surface area contributed by atoms with Crippen LogP contribution in [0.15, 0.2) is 12.2 Å². The van der Waals surface area contributed by atoms with Crippen molar-refractivity contribution in [2.75, 3.05) is 13.2 Å². The maximum absolute atomic E-state index is 12.5. The Morgan fingerprint density at radius 1 is 0.338 bits per heavy atom. The number of nitrogens with one attached hydrogen (secondary N) is 1. The summed E-state index contributed by atoms with van der Waals surface area (Å²) in [5.41, 5.74) is 0. The van der Waals surface area contributed by atoms with Crippen molar-refractivity contribution in [3.8, 4) is 0 Å². The van der Waals surface area contributed by atoms with Crippen LogP contribution in [-0.2, 0) is 14.3 Å². The fraction of sp³-hybridized carbons (Fsp3) is 0.946. The van der Waals surface area contributed by atoms with Crippen molar-refractivity contribution in [1.82, 2.24) is 5.32 Å². The second kappa shape index (κ2) is 70.1. The Bertz CT molecular complexity index is 1210. The van der Waals surface area contributed by atoms with Crippen LogP contribution < -0.4 is 5.32 Å². The van der Waals surface area contributed by atoms with Gasteiger partial charge in [0.15, 0.2) is 0 Å². The summed E-state index contributed by atoms with van der Waals surface area (Å²) in [7, 11) is 0. The first kappa shape index (κ1) is 78.6. The second-order valence-electron chi connectivity index (χ2n) is 25.6. The number of rotatable bonds is 70. The third kappa shape index (κ3) is 65.7. The van der Waals surface area contributed by atoms with Gasteiger partial charge in [-0.25, -0.2) is 0 Å². The van der Waals surface area contributed by atoms with Gasteiger partial charge in [-0.1, -0.05) is 373 Å². The maximum atomic E-state index is 12.5. The van der Waals surface area contributed by atoms with Crippen LogP contribution in [0.25, 0.3) is 0 Å². The Balaban J connectivity index is 3.28. The van der Waals surface area contributed by atoms with Crippen LogP contribution in [0.3, 0.4) is 0 Å². The highest BCUT2D eigenvalue weighted by molar-refractivity contribution is 5.76. The van der Waals surface area contributed by atoms with Crippen molar-refractivity contribution in [2.45, 2.75) is 437 Å². The molecule has 6 nitrogen and oxygen atoms in total. The van der Waals surface area contributed by atoms with Gasteiger partial charge in [0.25, 0.3) is 0 Å². The van der Waals surface area contributed by atoms with Gasteiger partial charge in [-0.15, -0.1) is 0 Å². The Hall–Kier alpha value is -1.40. The van der Waals surface area contributed by atoms with E-state index >= 15 is 0 Å². The molecule has 2 unspecified atom stereocenters. The minimum absolute atomic E-state index is 0.0148. The average Bonchev–Trinajstić information content (AvgIpc) is 3.46. The van der Waals surface area contributed by atoms with E-state index < -0.39 is 12.1 Å². The zero-order valence-electron chi connectivity index (χ0n) is 54.6. The number of carbonyl (C=O) groups is 2. The molecule has 0 saturated carbocycles. The standard InChI is InChI=1S/C74H145NO5/c1-3-5-7-9-11-13-15-42-46-50-54-58-62-66-72(77)71(70-76)75-73(78)67-63-59-55-51-47-44-40-38-36-34-32-30-28-26-24-22-20-18-17-19-21-23-25-27-29-31-33-35-37-39-41-45-49-53-57-61-65-69-80-74(79)68-64-60-56-52-48-43-16-14-12-10-8-6-4-2/h14,16,71-72,76-77H,3-13,15,17-70H2,1-2H3,(H,75,78)/b16-14-. The summed E-state index contributed by atoms with van der Waals surface area (Å²) in [5, 5.41) is 23.3. The average molecular weight is 1130 g/mol. The van der Waals surface area contributed by atoms with Crippen LogP contribution in [0, 0.1) is 0 Å². The minimum atomic E-state index is -0.658. The number of hydrogen-bond acceptors (Lipinski definition) is 5. The highest BCUT2D eigenvalue weighted by Gasteiger charge is 2.20. The van der Waals surface area contributed by atoms with Crippen molar-refractivity contribution in [2.24, 2.45) is 0 Å². The van der Waals surface area contributed by atoms with E-state index in [-0.39, 0.29) is 18.5 Å². The molecule has 0 saturated heterocycles. The van der Waals surface area contributed by atoms with E-state index in [4.69, 9.17) is 4.74 Å². The molecule has 0 aromatic rings. The summed E-state index contributed by atoms with van der Waals surface area (Å²) in [5.74, 6) is -0.0117. The van der Waals surface area contributed by atoms with Crippen molar-refractivity contribution in [3.05, 3.63) is 12.2 Å². The van der Waals surface area contributed by atoms with E-state index in [2.05, 4.69) is 31.3 Å². The molecule has 3 N–H and O–H groups in total. The molecular formula is C74H145NO5. The molecule has 0 fully saturated rings. The fourth-order valence-corrected chi connectivity index (χ4v) is 11.9. The second-order valence-corrected chi connectivity index (χ2v) is 25.6. The fourth-order valence-electron chi connectivity index (χ4n) is 11.9. The number of allylic oxidation sites excluding steroid dienone is 2. The quantitative estimate of drug-likeness (QED) is 0.0320. The molecule has 0 aliphatic carbocycles. The molecular weight excluding hydrogens is 983 g/mol. The number of carbonyl (C=O) groups excluding carboxylic acids is 2. The summed E-state index contributed by atoms with van der Waals surface area (Å²) in [4.78, 5) is 24.5. The number of esters is 1.